The highest BCUT2D eigenvalue weighted by Crippen LogP contribution is 2.13. The van der Waals surface area contributed by atoms with Crippen LogP contribution in [0.3, 0.4) is 0 Å². The third-order valence-corrected chi connectivity index (χ3v) is 4.45. The predicted molar refractivity (Wildman–Crippen MR) is 85.0 cm³/mol. The van der Waals surface area contributed by atoms with Crippen LogP contribution in [-0.4, -0.2) is 96.9 Å². The third-order valence-electron chi connectivity index (χ3n) is 4.45. The van der Waals surface area contributed by atoms with E-state index in [4.69, 9.17) is 9.47 Å². The van der Waals surface area contributed by atoms with E-state index >= 15 is 0 Å². The van der Waals surface area contributed by atoms with E-state index in [1.54, 1.807) is 0 Å². The van der Waals surface area contributed by atoms with Crippen molar-refractivity contribution in [3.8, 4) is 0 Å². The number of ether oxygens (including phenoxy) is 2. The molecule has 2 heterocycles. The first-order chi connectivity index (χ1) is 10.5. The molecule has 2 aliphatic rings. The van der Waals surface area contributed by atoms with Crippen LogP contribution in [0.15, 0.2) is 0 Å². The highest BCUT2D eigenvalue weighted by atomic mass is 16.5. The van der Waals surface area contributed by atoms with Crippen LogP contribution in [0.4, 0.5) is 0 Å². The molecule has 0 aliphatic carbocycles. The average molecular weight is 316 g/mol. The van der Waals surface area contributed by atoms with Crippen molar-refractivity contribution in [2.75, 3.05) is 52.5 Å². The smallest absolute Gasteiger partial charge is 0.0900 e. The summed E-state index contributed by atoms with van der Waals surface area (Å²) >= 11 is 0. The van der Waals surface area contributed by atoms with Crippen molar-refractivity contribution in [1.82, 2.24) is 9.80 Å². The van der Waals surface area contributed by atoms with Gasteiger partial charge >= 0.3 is 0 Å². The maximum atomic E-state index is 10.1. The molecule has 0 radical (unpaired) electrons. The van der Waals surface area contributed by atoms with Crippen molar-refractivity contribution in [2.24, 2.45) is 0 Å². The summed E-state index contributed by atoms with van der Waals surface area (Å²) in [5.74, 6) is 0. The average Bonchev–Trinajstić information content (AvgIpc) is 2.95. The van der Waals surface area contributed by atoms with Gasteiger partial charge in [0.05, 0.1) is 31.5 Å². The van der Waals surface area contributed by atoms with E-state index in [1.807, 2.05) is 6.92 Å². The van der Waals surface area contributed by atoms with Crippen molar-refractivity contribution in [3.63, 3.8) is 0 Å². The van der Waals surface area contributed by atoms with Crippen molar-refractivity contribution in [3.05, 3.63) is 0 Å². The zero-order valence-corrected chi connectivity index (χ0v) is 14.0. The van der Waals surface area contributed by atoms with E-state index in [9.17, 15) is 10.2 Å². The van der Waals surface area contributed by atoms with E-state index in [1.165, 1.54) is 0 Å². The molecule has 0 amide bonds. The van der Waals surface area contributed by atoms with Crippen LogP contribution in [0.25, 0.3) is 0 Å². The van der Waals surface area contributed by atoms with Crippen LogP contribution in [0.5, 0.6) is 0 Å². The zero-order chi connectivity index (χ0) is 15.9. The van der Waals surface area contributed by atoms with Crippen LogP contribution in [0, 0.1) is 0 Å². The number of hydrogen-bond donors (Lipinski definition) is 2. The predicted octanol–water partition coefficient (Wildman–Crippen LogP) is -0.0702. The van der Waals surface area contributed by atoms with Crippen molar-refractivity contribution >= 4 is 0 Å². The maximum absolute atomic E-state index is 10.1. The number of nitrogens with zero attached hydrogens (tertiary/aromatic N) is 2. The lowest BCUT2D eigenvalue weighted by molar-refractivity contribution is -0.0335. The molecule has 2 N–H and O–H groups in total. The number of piperazine rings is 1. The minimum absolute atomic E-state index is 0.219. The maximum Gasteiger partial charge on any atom is 0.0900 e. The zero-order valence-electron chi connectivity index (χ0n) is 14.0. The summed E-state index contributed by atoms with van der Waals surface area (Å²) in [5, 5.41) is 19.6. The molecule has 130 valence electrons. The number of hydrogen-bond acceptors (Lipinski definition) is 6. The van der Waals surface area contributed by atoms with Gasteiger partial charge in [-0.25, -0.2) is 0 Å². The van der Waals surface area contributed by atoms with Gasteiger partial charge in [0.25, 0.3) is 0 Å². The van der Waals surface area contributed by atoms with E-state index in [2.05, 4.69) is 16.7 Å². The third kappa shape index (κ3) is 6.10. The molecule has 0 unspecified atom stereocenters. The molecule has 2 fully saturated rings. The summed E-state index contributed by atoms with van der Waals surface area (Å²) in [6.07, 6.45) is 1.67. The molecule has 4 atom stereocenters. The second-order valence-electron chi connectivity index (χ2n) is 6.78. The molecular formula is C16H32N2O4. The minimum Gasteiger partial charge on any atom is -0.392 e. The Morgan fingerprint density at radius 3 is 2.73 bits per heavy atom. The minimum atomic E-state index is -0.447. The van der Waals surface area contributed by atoms with E-state index in [-0.39, 0.29) is 12.2 Å². The van der Waals surface area contributed by atoms with Crippen LogP contribution in [0.2, 0.25) is 0 Å². The van der Waals surface area contributed by atoms with Gasteiger partial charge in [-0.05, 0) is 26.7 Å². The van der Waals surface area contributed by atoms with E-state index in [0.717, 1.165) is 45.6 Å². The lowest BCUT2D eigenvalue weighted by Crippen LogP contribution is -2.55. The molecule has 0 bridgehead atoms. The van der Waals surface area contributed by atoms with Gasteiger partial charge in [0.2, 0.25) is 0 Å². The summed E-state index contributed by atoms with van der Waals surface area (Å²) in [6, 6.07) is 0.406. The first-order valence-electron chi connectivity index (χ1n) is 8.56. The van der Waals surface area contributed by atoms with Crippen molar-refractivity contribution < 1.29 is 19.7 Å². The summed E-state index contributed by atoms with van der Waals surface area (Å²) in [7, 11) is 0. The Kier molecular flexibility index (Phi) is 7.53. The Labute approximate surface area is 134 Å². The molecule has 0 saturated carbocycles. The van der Waals surface area contributed by atoms with Gasteiger partial charge in [0.1, 0.15) is 0 Å². The van der Waals surface area contributed by atoms with E-state index < -0.39 is 6.10 Å². The van der Waals surface area contributed by atoms with Crippen LogP contribution in [-0.2, 0) is 9.47 Å². The molecule has 0 spiro atoms. The van der Waals surface area contributed by atoms with Crippen LogP contribution < -0.4 is 0 Å². The second-order valence-corrected chi connectivity index (χ2v) is 6.78. The molecule has 2 saturated heterocycles. The Hall–Kier alpha value is -0.240. The van der Waals surface area contributed by atoms with Gasteiger partial charge in [0.15, 0.2) is 0 Å². The fourth-order valence-electron chi connectivity index (χ4n) is 3.31. The fourth-order valence-corrected chi connectivity index (χ4v) is 3.31. The van der Waals surface area contributed by atoms with E-state index in [0.29, 0.717) is 25.8 Å². The summed E-state index contributed by atoms with van der Waals surface area (Å²) in [4.78, 5) is 4.59. The molecule has 2 aliphatic heterocycles. The molecule has 2 rings (SSSR count). The van der Waals surface area contributed by atoms with Gasteiger partial charge < -0.3 is 19.7 Å². The van der Waals surface area contributed by atoms with Crippen molar-refractivity contribution in [2.45, 2.75) is 51.0 Å². The number of rotatable bonds is 8. The number of aliphatic hydroxyl groups excluding tert-OH is 2. The molecule has 0 aromatic heterocycles. The summed E-state index contributed by atoms with van der Waals surface area (Å²) in [6.45, 7) is 9.98. The summed E-state index contributed by atoms with van der Waals surface area (Å²) in [5.41, 5.74) is 0. The quantitative estimate of drug-likeness (QED) is 0.653. The number of aliphatic hydroxyl groups is 2. The molecule has 6 nitrogen and oxygen atoms in total. The molecule has 22 heavy (non-hydrogen) atoms. The van der Waals surface area contributed by atoms with Gasteiger partial charge in [0, 0.05) is 45.4 Å². The van der Waals surface area contributed by atoms with Crippen LogP contribution >= 0.6 is 0 Å². The largest absolute Gasteiger partial charge is 0.392 e. The highest BCUT2D eigenvalue weighted by Gasteiger charge is 2.25. The van der Waals surface area contributed by atoms with Gasteiger partial charge in [-0.1, -0.05) is 0 Å². The van der Waals surface area contributed by atoms with Crippen molar-refractivity contribution in [1.29, 1.82) is 0 Å². The monoisotopic (exact) mass is 316 g/mol. The first-order valence-corrected chi connectivity index (χ1v) is 8.56. The lowest BCUT2D eigenvalue weighted by atomic mass is 10.1. The molecular weight excluding hydrogens is 284 g/mol. The topological polar surface area (TPSA) is 65.4 Å². The Morgan fingerprint density at radius 1 is 1.27 bits per heavy atom. The van der Waals surface area contributed by atoms with Crippen LogP contribution in [0.1, 0.15) is 26.7 Å². The fraction of sp³-hybridized carbons (Fsp3) is 1.00. The van der Waals surface area contributed by atoms with Gasteiger partial charge in [-0.3, -0.25) is 9.80 Å². The Morgan fingerprint density at radius 2 is 2.09 bits per heavy atom. The lowest BCUT2D eigenvalue weighted by Gasteiger charge is -2.41. The number of β-amino-alcohol motifs (C(OH)–C–C–N with tert-alkyl or cyclic N) is 2. The second kappa shape index (κ2) is 9.15. The SMILES string of the molecule is C[C@H](O)CN1CCN(C[C@H](O)COC[C@H]2CCCO2)C[C@@H]1C. The standard InChI is InChI=1S/C16H32N2O4/c1-13-8-17(5-6-18(13)9-14(2)19)10-15(20)11-21-12-16-4-3-7-22-16/h13-16,19-20H,3-12H2,1-2H3/t13-,14-,15-,16+/m0/s1. The normalized spacial score (nSPS) is 30.5. The molecule has 6 heteroatoms. The molecule has 0 aromatic carbocycles. The van der Waals surface area contributed by atoms with Gasteiger partial charge in [-0.15, -0.1) is 0 Å². The van der Waals surface area contributed by atoms with Gasteiger partial charge in [-0.2, -0.15) is 0 Å². The summed E-state index contributed by atoms with van der Waals surface area (Å²) < 4.78 is 11.1. The Bertz CT molecular complexity index is 311. The molecule has 0 aromatic rings. The Balaban J connectivity index is 1.59. The first kappa shape index (κ1) is 18.1. The highest BCUT2D eigenvalue weighted by molar-refractivity contribution is 4.81.